The van der Waals surface area contributed by atoms with Crippen molar-refractivity contribution in [3.63, 3.8) is 0 Å². The van der Waals surface area contributed by atoms with Crippen molar-refractivity contribution in [3.05, 3.63) is 101 Å². The van der Waals surface area contributed by atoms with Gasteiger partial charge in [-0.05, 0) is 76.9 Å². The van der Waals surface area contributed by atoms with Crippen LogP contribution in [0.2, 0.25) is 0 Å². The van der Waals surface area contributed by atoms with Crippen LogP contribution in [0, 0.1) is 17.7 Å². The highest BCUT2D eigenvalue weighted by atomic mass is 19.1. The normalized spacial score (nSPS) is 14.6. The molecule has 0 unspecified atom stereocenters. The molecule has 0 aliphatic heterocycles. The van der Waals surface area contributed by atoms with Crippen LogP contribution in [-0.4, -0.2) is 28.4 Å². The van der Waals surface area contributed by atoms with E-state index in [1.165, 1.54) is 19.3 Å². The first-order valence-corrected chi connectivity index (χ1v) is 11.7. The zero-order valence-electron chi connectivity index (χ0n) is 19.6. The Labute approximate surface area is 206 Å². The number of aliphatic carboxylic acids is 1. The zero-order valence-corrected chi connectivity index (χ0v) is 19.6. The number of benzene rings is 3. The number of aromatic nitrogens is 2. The molecular formula is C29H24F2N2O3. The summed E-state index contributed by atoms with van der Waals surface area (Å²) in [6.07, 6.45) is 5.48. The molecule has 2 N–H and O–H groups in total. The summed E-state index contributed by atoms with van der Waals surface area (Å²) in [6, 6.07) is 17.6. The average molecular weight is 487 g/mol. The molecule has 1 heterocycles. The van der Waals surface area contributed by atoms with Crippen molar-refractivity contribution in [2.24, 2.45) is 5.92 Å². The number of hydrogen-bond acceptors (Lipinski definition) is 3. The third-order valence-electron chi connectivity index (χ3n) is 6.67. The van der Waals surface area contributed by atoms with E-state index in [0.29, 0.717) is 22.2 Å². The fraction of sp³-hybridized carbons (Fsp3) is 0.172. The first kappa shape index (κ1) is 23.5. The first-order valence-electron chi connectivity index (χ1n) is 11.7. The van der Waals surface area contributed by atoms with Crippen molar-refractivity contribution in [3.8, 4) is 5.75 Å². The standard InChI is InChI=1S/C29H24F2N2O3/c1-36-21-11-12-22(24(30)16-21)28(18-3-2-4-18)27(19-8-5-17(6-9-19)7-14-26(34)35)20-10-13-25-23(15-20)29(31)33-32-25/h5-16,18H,2-4H2,1H3,(H,32,33)(H,34,35). The number of nitrogens with one attached hydrogen (secondary N) is 1. The van der Waals surface area contributed by atoms with Crippen LogP contribution < -0.4 is 4.74 Å². The number of carboxylic acids is 1. The lowest BCUT2D eigenvalue weighted by atomic mass is 9.73. The third kappa shape index (κ3) is 4.52. The molecule has 1 aliphatic rings. The van der Waals surface area contributed by atoms with Crippen LogP contribution in [0.3, 0.4) is 0 Å². The molecule has 0 saturated heterocycles. The maximum atomic E-state index is 15.5. The van der Waals surface area contributed by atoms with Gasteiger partial charge in [-0.3, -0.25) is 5.10 Å². The molecular weight excluding hydrogens is 462 g/mol. The van der Waals surface area contributed by atoms with Crippen LogP contribution in [0.1, 0.15) is 41.5 Å². The van der Waals surface area contributed by atoms with Crippen molar-refractivity contribution < 1.29 is 23.4 Å². The van der Waals surface area contributed by atoms with Crippen molar-refractivity contribution in [2.75, 3.05) is 7.11 Å². The SMILES string of the molecule is COc1ccc(C(=C(c2ccc(C=CC(=O)O)cc2)c2ccc3[nH]nc(F)c3c2)C2CCC2)c(F)c1. The Morgan fingerprint density at radius 2 is 1.81 bits per heavy atom. The molecule has 36 heavy (non-hydrogen) atoms. The van der Waals surface area contributed by atoms with Crippen LogP contribution in [0.15, 0.2) is 66.7 Å². The Balaban J connectivity index is 1.76. The highest BCUT2D eigenvalue weighted by molar-refractivity contribution is 6.01. The molecule has 0 amide bonds. The number of H-pyrrole nitrogens is 1. The summed E-state index contributed by atoms with van der Waals surface area (Å²) in [5.41, 5.74) is 5.01. The van der Waals surface area contributed by atoms with Gasteiger partial charge < -0.3 is 9.84 Å². The quantitative estimate of drug-likeness (QED) is 0.225. The van der Waals surface area contributed by atoms with Crippen LogP contribution in [-0.2, 0) is 4.79 Å². The van der Waals surface area contributed by atoms with E-state index in [1.807, 2.05) is 30.3 Å². The van der Waals surface area contributed by atoms with E-state index < -0.39 is 11.9 Å². The van der Waals surface area contributed by atoms with Gasteiger partial charge in [0.25, 0.3) is 0 Å². The molecule has 0 atom stereocenters. The predicted octanol–water partition coefficient (Wildman–Crippen LogP) is 6.71. The lowest BCUT2D eigenvalue weighted by Crippen LogP contribution is -2.16. The summed E-state index contributed by atoms with van der Waals surface area (Å²) in [4.78, 5) is 10.9. The topological polar surface area (TPSA) is 75.2 Å². The number of hydrogen-bond donors (Lipinski definition) is 2. The largest absolute Gasteiger partial charge is 0.497 e. The lowest BCUT2D eigenvalue weighted by Gasteiger charge is -2.32. The highest BCUT2D eigenvalue weighted by Gasteiger charge is 2.29. The number of ether oxygens (including phenoxy) is 1. The minimum atomic E-state index is -1.03. The average Bonchev–Trinajstić information content (AvgIpc) is 3.22. The summed E-state index contributed by atoms with van der Waals surface area (Å²) in [5.74, 6) is -1.44. The molecule has 0 bridgehead atoms. The van der Waals surface area contributed by atoms with Gasteiger partial charge in [0.1, 0.15) is 11.6 Å². The van der Waals surface area contributed by atoms with Crippen molar-refractivity contribution in [1.82, 2.24) is 10.2 Å². The smallest absolute Gasteiger partial charge is 0.328 e. The maximum Gasteiger partial charge on any atom is 0.328 e. The van der Waals surface area contributed by atoms with Crippen molar-refractivity contribution >= 4 is 34.1 Å². The summed E-state index contributed by atoms with van der Waals surface area (Å²) >= 11 is 0. The van der Waals surface area contributed by atoms with Gasteiger partial charge in [-0.25, -0.2) is 9.18 Å². The number of fused-ring (bicyclic) bond motifs is 1. The molecule has 1 saturated carbocycles. The number of allylic oxidation sites excluding steroid dienone is 1. The highest BCUT2D eigenvalue weighted by Crippen LogP contribution is 2.46. The van der Waals surface area contributed by atoms with Crippen LogP contribution in [0.4, 0.5) is 8.78 Å². The monoisotopic (exact) mass is 486 g/mol. The molecule has 1 aliphatic carbocycles. The first-order chi connectivity index (χ1) is 17.4. The van der Waals surface area contributed by atoms with Crippen LogP contribution in [0.25, 0.3) is 28.1 Å². The van der Waals surface area contributed by atoms with Crippen LogP contribution in [0.5, 0.6) is 5.75 Å². The zero-order chi connectivity index (χ0) is 25.2. The lowest BCUT2D eigenvalue weighted by molar-refractivity contribution is -0.131. The second kappa shape index (κ2) is 9.77. The van der Waals surface area contributed by atoms with Gasteiger partial charge in [0, 0.05) is 17.7 Å². The van der Waals surface area contributed by atoms with Gasteiger partial charge in [0.15, 0.2) is 0 Å². The minimum absolute atomic E-state index is 0.138. The predicted molar refractivity (Wildman–Crippen MR) is 135 cm³/mol. The molecule has 3 aromatic carbocycles. The van der Waals surface area contributed by atoms with E-state index in [-0.39, 0.29) is 11.7 Å². The second-order valence-corrected chi connectivity index (χ2v) is 8.83. The van der Waals surface area contributed by atoms with Gasteiger partial charge in [-0.2, -0.15) is 4.39 Å². The number of halogens is 2. The number of aromatic amines is 1. The Morgan fingerprint density at radius 3 is 2.44 bits per heavy atom. The van der Waals surface area contributed by atoms with Gasteiger partial charge in [-0.15, -0.1) is 5.10 Å². The van der Waals surface area contributed by atoms with E-state index in [4.69, 9.17) is 9.84 Å². The van der Waals surface area contributed by atoms with Gasteiger partial charge in [-0.1, -0.05) is 36.8 Å². The number of rotatable bonds is 7. The van der Waals surface area contributed by atoms with Crippen LogP contribution >= 0.6 is 0 Å². The van der Waals surface area contributed by atoms with E-state index >= 15 is 4.39 Å². The Morgan fingerprint density at radius 1 is 1.06 bits per heavy atom. The Kier molecular flexibility index (Phi) is 6.38. The molecule has 5 nitrogen and oxygen atoms in total. The number of methoxy groups -OCH3 is 1. The Bertz CT molecular complexity index is 1500. The summed E-state index contributed by atoms with van der Waals surface area (Å²) < 4.78 is 35.1. The maximum absolute atomic E-state index is 15.5. The van der Waals surface area contributed by atoms with E-state index in [1.54, 1.807) is 24.3 Å². The van der Waals surface area contributed by atoms with Crippen molar-refractivity contribution in [2.45, 2.75) is 19.3 Å². The third-order valence-corrected chi connectivity index (χ3v) is 6.67. The Hall–Kier alpha value is -4.26. The molecule has 182 valence electrons. The minimum Gasteiger partial charge on any atom is -0.497 e. The number of nitrogens with zero attached hydrogens (tertiary/aromatic N) is 1. The molecule has 4 aromatic rings. The fourth-order valence-electron chi connectivity index (χ4n) is 4.64. The summed E-state index contributed by atoms with van der Waals surface area (Å²) in [5, 5.41) is 15.7. The van der Waals surface area contributed by atoms with Gasteiger partial charge in [0.05, 0.1) is 18.0 Å². The molecule has 1 aromatic heterocycles. The summed E-state index contributed by atoms with van der Waals surface area (Å²) in [6.45, 7) is 0. The number of carbonyl (C=O) groups is 1. The van der Waals surface area contributed by atoms with Crippen molar-refractivity contribution in [1.29, 1.82) is 0 Å². The van der Waals surface area contributed by atoms with E-state index in [0.717, 1.165) is 53.2 Å². The molecule has 5 rings (SSSR count). The molecule has 7 heteroatoms. The number of carboxylic acid groups (broad SMARTS) is 1. The fourth-order valence-corrected chi connectivity index (χ4v) is 4.64. The molecule has 1 fully saturated rings. The van der Waals surface area contributed by atoms with Gasteiger partial charge in [0.2, 0.25) is 5.95 Å². The van der Waals surface area contributed by atoms with Gasteiger partial charge >= 0.3 is 5.97 Å². The molecule has 0 radical (unpaired) electrons. The summed E-state index contributed by atoms with van der Waals surface area (Å²) in [7, 11) is 1.50. The molecule has 0 spiro atoms. The second-order valence-electron chi connectivity index (χ2n) is 8.83. The van der Waals surface area contributed by atoms with E-state index in [9.17, 15) is 9.18 Å². The van der Waals surface area contributed by atoms with E-state index in [2.05, 4.69) is 10.2 Å².